The van der Waals surface area contributed by atoms with Crippen LogP contribution in [-0.4, -0.2) is 29.7 Å². The SMILES string of the molecule is CC(C)CC(CO)NC(=O)C(N)C(C)(C)C. The fourth-order valence-electron chi connectivity index (χ4n) is 1.43. The van der Waals surface area contributed by atoms with E-state index in [1.165, 1.54) is 0 Å². The van der Waals surface area contributed by atoms with E-state index in [1.54, 1.807) is 0 Å². The maximum Gasteiger partial charge on any atom is 0.237 e. The van der Waals surface area contributed by atoms with Gasteiger partial charge in [-0.15, -0.1) is 0 Å². The third kappa shape index (κ3) is 5.47. The van der Waals surface area contributed by atoms with Crippen molar-refractivity contribution in [2.24, 2.45) is 17.1 Å². The lowest BCUT2D eigenvalue weighted by atomic mass is 9.86. The largest absolute Gasteiger partial charge is 0.394 e. The van der Waals surface area contributed by atoms with E-state index >= 15 is 0 Å². The normalized spacial score (nSPS) is 16.0. The Kier molecular flexibility index (Phi) is 5.97. The van der Waals surface area contributed by atoms with Crippen LogP contribution in [0, 0.1) is 11.3 Å². The molecule has 0 radical (unpaired) electrons. The minimum atomic E-state index is -0.547. The Balaban J connectivity index is 4.31. The highest BCUT2D eigenvalue weighted by atomic mass is 16.3. The van der Waals surface area contributed by atoms with E-state index in [2.05, 4.69) is 19.2 Å². The molecule has 0 aliphatic rings. The number of aliphatic hydroxyl groups excluding tert-OH is 1. The van der Waals surface area contributed by atoms with Gasteiger partial charge in [-0.1, -0.05) is 34.6 Å². The monoisotopic (exact) mass is 230 g/mol. The number of carbonyl (C=O) groups excluding carboxylic acids is 1. The summed E-state index contributed by atoms with van der Waals surface area (Å²) in [4.78, 5) is 11.8. The van der Waals surface area contributed by atoms with Crippen LogP contribution in [0.3, 0.4) is 0 Å². The molecule has 0 aliphatic carbocycles. The van der Waals surface area contributed by atoms with Gasteiger partial charge in [0.05, 0.1) is 18.7 Å². The smallest absolute Gasteiger partial charge is 0.237 e. The van der Waals surface area contributed by atoms with Gasteiger partial charge in [0.25, 0.3) is 0 Å². The molecule has 1 amide bonds. The van der Waals surface area contributed by atoms with Crippen molar-refractivity contribution in [3.63, 3.8) is 0 Å². The molecule has 0 aliphatic heterocycles. The van der Waals surface area contributed by atoms with Crippen LogP contribution < -0.4 is 11.1 Å². The highest BCUT2D eigenvalue weighted by molar-refractivity contribution is 5.82. The molecule has 2 unspecified atom stereocenters. The second kappa shape index (κ2) is 6.21. The Morgan fingerprint density at radius 3 is 2.19 bits per heavy atom. The summed E-state index contributed by atoms with van der Waals surface area (Å²) in [5.41, 5.74) is 5.57. The predicted molar refractivity (Wildman–Crippen MR) is 65.9 cm³/mol. The van der Waals surface area contributed by atoms with Crippen LogP contribution in [0.15, 0.2) is 0 Å². The third-order valence-corrected chi connectivity index (χ3v) is 2.54. The van der Waals surface area contributed by atoms with Crippen LogP contribution in [-0.2, 0) is 4.79 Å². The number of rotatable bonds is 5. The van der Waals surface area contributed by atoms with Crippen molar-refractivity contribution >= 4 is 5.91 Å². The first kappa shape index (κ1) is 15.4. The number of nitrogens with two attached hydrogens (primary N) is 1. The summed E-state index contributed by atoms with van der Waals surface area (Å²) in [5.74, 6) is 0.246. The number of nitrogens with one attached hydrogen (secondary N) is 1. The van der Waals surface area contributed by atoms with Crippen molar-refractivity contribution in [2.45, 2.75) is 53.1 Å². The van der Waals surface area contributed by atoms with Crippen LogP contribution in [0.25, 0.3) is 0 Å². The van der Waals surface area contributed by atoms with Gasteiger partial charge >= 0.3 is 0 Å². The molecular formula is C12H26N2O2. The summed E-state index contributed by atoms with van der Waals surface area (Å²) in [6, 6.07) is -0.741. The number of carbonyl (C=O) groups is 1. The fraction of sp³-hybridized carbons (Fsp3) is 0.917. The first-order chi connectivity index (χ1) is 7.18. The number of hydrogen-bond acceptors (Lipinski definition) is 3. The Morgan fingerprint density at radius 2 is 1.88 bits per heavy atom. The molecule has 0 saturated carbocycles. The van der Waals surface area contributed by atoms with Gasteiger partial charge in [-0.25, -0.2) is 0 Å². The second-order valence-corrected chi connectivity index (χ2v) is 5.86. The quantitative estimate of drug-likeness (QED) is 0.656. The Hall–Kier alpha value is -0.610. The summed E-state index contributed by atoms with van der Waals surface area (Å²) < 4.78 is 0. The van der Waals surface area contributed by atoms with Gasteiger partial charge in [-0.2, -0.15) is 0 Å². The van der Waals surface area contributed by atoms with E-state index in [-0.39, 0.29) is 24.0 Å². The number of hydrogen-bond donors (Lipinski definition) is 3. The molecule has 0 bridgehead atoms. The predicted octanol–water partition coefficient (Wildman–Crippen LogP) is 0.883. The summed E-state index contributed by atoms with van der Waals surface area (Å²) in [5, 5.41) is 11.9. The van der Waals surface area contributed by atoms with E-state index in [0.717, 1.165) is 6.42 Å². The first-order valence-corrected chi connectivity index (χ1v) is 5.85. The van der Waals surface area contributed by atoms with Crippen molar-refractivity contribution < 1.29 is 9.90 Å². The van der Waals surface area contributed by atoms with Crippen molar-refractivity contribution in [3.8, 4) is 0 Å². The van der Waals surface area contributed by atoms with Crippen LogP contribution >= 0.6 is 0 Å². The van der Waals surface area contributed by atoms with Crippen LogP contribution in [0.4, 0.5) is 0 Å². The molecular weight excluding hydrogens is 204 g/mol. The fourth-order valence-corrected chi connectivity index (χ4v) is 1.43. The topological polar surface area (TPSA) is 75.3 Å². The van der Waals surface area contributed by atoms with Crippen LogP contribution in [0.5, 0.6) is 0 Å². The minimum Gasteiger partial charge on any atom is -0.394 e. The van der Waals surface area contributed by atoms with E-state index in [4.69, 9.17) is 10.8 Å². The molecule has 96 valence electrons. The standard InChI is InChI=1S/C12H26N2O2/c1-8(2)6-9(7-15)14-11(16)10(13)12(3,4)5/h8-10,15H,6-7,13H2,1-5H3,(H,14,16). The Labute approximate surface area is 98.6 Å². The maximum absolute atomic E-state index is 11.8. The molecule has 0 spiro atoms. The zero-order valence-electron chi connectivity index (χ0n) is 11.1. The molecule has 0 saturated heterocycles. The molecule has 0 aromatic rings. The van der Waals surface area contributed by atoms with Gasteiger partial charge in [0.1, 0.15) is 0 Å². The Bertz CT molecular complexity index is 222. The average Bonchev–Trinajstić information content (AvgIpc) is 2.13. The summed E-state index contributed by atoms with van der Waals surface area (Å²) >= 11 is 0. The molecule has 4 nitrogen and oxygen atoms in total. The molecule has 4 N–H and O–H groups in total. The molecule has 0 aromatic heterocycles. The van der Waals surface area contributed by atoms with Gasteiger partial charge in [0, 0.05) is 0 Å². The highest BCUT2D eigenvalue weighted by Crippen LogP contribution is 2.17. The van der Waals surface area contributed by atoms with Gasteiger partial charge in [0.15, 0.2) is 0 Å². The van der Waals surface area contributed by atoms with Crippen molar-refractivity contribution in [2.75, 3.05) is 6.61 Å². The lowest BCUT2D eigenvalue weighted by Crippen LogP contribution is -2.52. The molecule has 2 atom stereocenters. The van der Waals surface area contributed by atoms with Crippen LogP contribution in [0.2, 0.25) is 0 Å². The molecule has 0 fully saturated rings. The number of amides is 1. The second-order valence-electron chi connectivity index (χ2n) is 5.86. The lowest BCUT2D eigenvalue weighted by Gasteiger charge is -2.28. The molecule has 4 heteroatoms. The zero-order valence-corrected chi connectivity index (χ0v) is 11.1. The average molecular weight is 230 g/mol. The molecule has 0 rings (SSSR count). The molecule has 16 heavy (non-hydrogen) atoms. The van der Waals surface area contributed by atoms with Crippen LogP contribution in [0.1, 0.15) is 41.0 Å². The summed E-state index contributed by atoms with van der Waals surface area (Å²) in [7, 11) is 0. The van der Waals surface area contributed by atoms with E-state index < -0.39 is 6.04 Å². The van der Waals surface area contributed by atoms with Crippen molar-refractivity contribution in [1.82, 2.24) is 5.32 Å². The molecule has 0 heterocycles. The number of aliphatic hydroxyl groups is 1. The maximum atomic E-state index is 11.8. The first-order valence-electron chi connectivity index (χ1n) is 5.85. The Morgan fingerprint density at radius 1 is 1.38 bits per heavy atom. The van der Waals surface area contributed by atoms with Gasteiger partial charge in [-0.05, 0) is 17.8 Å². The van der Waals surface area contributed by atoms with Crippen molar-refractivity contribution in [3.05, 3.63) is 0 Å². The summed E-state index contributed by atoms with van der Waals surface area (Å²) in [6.45, 7) is 9.84. The van der Waals surface area contributed by atoms with Crippen molar-refractivity contribution in [1.29, 1.82) is 0 Å². The van der Waals surface area contributed by atoms with E-state index in [1.807, 2.05) is 20.8 Å². The third-order valence-electron chi connectivity index (χ3n) is 2.54. The molecule has 0 aromatic carbocycles. The van der Waals surface area contributed by atoms with Gasteiger partial charge < -0.3 is 16.2 Å². The van der Waals surface area contributed by atoms with Gasteiger partial charge in [0.2, 0.25) is 5.91 Å². The van der Waals surface area contributed by atoms with Gasteiger partial charge in [-0.3, -0.25) is 4.79 Å². The van der Waals surface area contributed by atoms with E-state index in [9.17, 15) is 4.79 Å². The summed E-state index contributed by atoms with van der Waals surface area (Å²) in [6.07, 6.45) is 0.763. The highest BCUT2D eigenvalue weighted by Gasteiger charge is 2.28. The zero-order chi connectivity index (χ0) is 12.9. The lowest BCUT2D eigenvalue weighted by molar-refractivity contribution is -0.125. The minimum absolute atomic E-state index is 0.0409. The van der Waals surface area contributed by atoms with E-state index in [0.29, 0.717) is 5.92 Å².